The maximum atomic E-state index is 13.1. The van der Waals surface area contributed by atoms with Crippen LogP contribution in [0, 0.1) is 5.82 Å². The lowest BCUT2D eigenvalue weighted by atomic mass is 10.3. The number of nitrogens with zero attached hydrogens (tertiary/aromatic N) is 7. The summed E-state index contributed by atoms with van der Waals surface area (Å²) in [5.74, 6) is 1.62. The summed E-state index contributed by atoms with van der Waals surface area (Å²) < 4.78 is 18.5. The van der Waals surface area contributed by atoms with Gasteiger partial charge in [-0.15, -0.1) is 11.3 Å². The van der Waals surface area contributed by atoms with E-state index in [9.17, 15) is 4.39 Å². The van der Waals surface area contributed by atoms with Gasteiger partial charge in [0.05, 0.1) is 49.3 Å². The molecule has 1 aliphatic rings. The number of hydrogen-bond donors (Lipinski definition) is 1. The monoisotopic (exact) mass is 402 g/mol. The van der Waals surface area contributed by atoms with Gasteiger partial charge in [-0.2, -0.15) is 15.0 Å². The zero-order valence-corrected chi connectivity index (χ0v) is 16.1. The molecule has 9 nitrogen and oxygen atoms in total. The van der Waals surface area contributed by atoms with Crippen molar-refractivity contribution in [2.45, 2.75) is 19.4 Å². The van der Waals surface area contributed by atoms with Crippen LogP contribution in [0.5, 0.6) is 0 Å². The minimum Gasteiger partial charge on any atom is -0.378 e. The number of nitrogens with one attached hydrogen (secondary N) is 1. The molecule has 146 valence electrons. The third kappa shape index (κ3) is 4.54. The molecule has 11 heteroatoms. The van der Waals surface area contributed by atoms with Crippen molar-refractivity contribution in [3.63, 3.8) is 0 Å². The molecule has 0 saturated carbocycles. The Kier molecular flexibility index (Phi) is 5.63. The van der Waals surface area contributed by atoms with E-state index in [1.807, 2.05) is 12.3 Å². The summed E-state index contributed by atoms with van der Waals surface area (Å²) >= 11 is 1.53. The maximum Gasteiger partial charge on any atom is 0.230 e. The molecule has 0 aromatic carbocycles. The number of morpholine rings is 1. The van der Waals surface area contributed by atoms with E-state index in [1.165, 1.54) is 11.3 Å². The highest BCUT2D eigenvalue weighted by atomic mass is 32.1. The van der Waals surface area contributed by atoms with Crippen LogP contribution in [-0.4, -0.2) is 56.2 Å². The molecule has 0 radical (unpaired) electrons. The number of ether oxygens (including phenoxy) is 1. The molecule has 0 amide bonds. The second-order valence-electron chi connectivity index (χ2n) is 6.26. The van der Waals surface area contributed by atoms with E-state index >= 15 is 0 Å². The van der Waals surface area contributed by atoms with Crippen LogP contribution in [-0.2, 0) is 11.2 Å². The van der Waals surface area contributed by atoms with Crippen molar-refractivity contribution in [3.8, 4) is 0 Å². The molecule has 1 fully saturated rings. The predicted molar refractivity (Wildman–Crippen MR) is 102 cm³/mol. The molecule has 0 aliphatic carbocycles. The van der Waals surface area contributed by atoms with Gasteiger partial charge < -0.3 is 15.0 Å². The largest absolute Gasteiger partial charge is 0.378 e. The van der Waals surface area contributed by atoms with E-state index in [1.54, 1.807) is 5.51 Å². The number of halogens is 1. The standard InChI is InChI=1S/C17H19FN8OS/c1-11(15-19-7-12(18)8-20-15)22-16-23-14(6-13-9-28-10-21-13)24-17(25-16)26-2-4-27-5-3-26/h7-11H,2-6H2,1H3,(H,22,23,24,25)/t11-/m0/s1. The number of thiazole rings is 1. The van der Waals surface area contributed by atoms with Gasteiger partial charge in [-0.1, -0.05) is 0 Å². The van der Waals surface area contributed by atoms with Gasteiger partial charge in [-0.05, 0) is 6.92 Å². The molecule has 1 atom stereocenters. The average Bonchev–Trinajstić information content (AvgIpc) is 3.22. The topological polar surface area (TPSA) is 102 Å². The first-order chi connectivity index (χ1) is 13.7. The van der Waals surface area contributed by atoms with Crippen molar-refractivity contribution in [2.75, 3.05) is 36.5 Å². The van der Waals surface area contributed by atoms with E-state index in [0.29, 0.717) is 43.2 Å². The van der Waals surface area contributed by atoms with E-state index in [0.717, 1.165) is 31.2 Å². The van der Waals surface area contributed by atoms with E-state index in [4.69, 9.17) is 4.74 Å². The Morgan fingerprint density at radius 2 is 1.96 bits per heavy atom. The van der Waals surface area contributed by atoms with Crippen LogP contribution < -0.4 is 10.2 Å². The zero-order valence-electron chi connectivity index (χ0n) is 15.2. The first kappa shape index (κ1) is 18.6. The molecular formula is C17H19FN8OS. The fourth-order valence-electron chi connectivity index (χ4n) is 2.75. The first-order valence-electron chi connectivity index (χ1n) is 8.86. The molecule has 1 N–H and O–H groups in total. The minimum absolute atomic E-state index is 0.298. The molecule has 1 aliphatic heterocycles. The smallest absolute Gasteiger partial charge is 0.230 e. The predicted octanol–water partition coefficient (Wildman–Crippen LogP) is 1.86. The van der Waals surface area contributed by atoms with Crippen molar-refractivity contribution in [3.05, 3.63) is 46.4 Å². The van der Waals surface area contributed by atoms with E-state index in [-0.39, 0.29) is 6.04 Å². The molecule has 4 heterocycles. The van der Waals surface area contributed by atoms with Gasteiger partial charge in [0.1, 0.15) is 11.6 Å². The third-order valence-electron chi connectivity index (χ3n) is 4.16. The highest BCUT2D eigenvalue weighted by Gasteiger charge is 2.18. The Morgan fingerprint density at radius 3 is 2.68 bits per heavy atom. The summed E-state index contributed by atoms with van der Waals surface area (Å²) in [6.45, 7) is 4.57. The van der Waals surface area contributed by atoms with Gasteiger partial charge in [0.25, 0.3) is 0 Å². The number of hydrogen-bond acceptors (Lipinski definition) is 10. The SMILES string of the molecule is C[C@H](Nc1nc(Cc2cscn2)nc(N2CCOCC2)n1)c1ncc(F)cn1. The lowest BCUT2D eigenvalue weighted by Crippen LogP contribution is -2.37. The molecule has 4 rings (SSSR count). The zero-order chi connectivity index (χ0) is 19.3. The van der Waals surface area contributed by atoms with Crippen LogP contribution >= 0.6 is 11.3 Å². The van der Waals surface area contributed by atoms with Crippen LogP contribution in [0.2, 0.25) is 0 Å². The number of rotatable bonds is 6. The molecule has 0 spiro atoms. The van der Waals surface area contributed by atoms with Gasteiger partial charge in [-0.3, -0.25) is 0 Å². The number of anilines is 2. The molecule has 0 unspecified atom stereocenters. The summed E-state index contributed by atoms with van der Waals surface area (Å²) in [5.41, 5.74) is 2.69. The second-order valence-corrected chi connectivity index (χ2v) is 6.98. The second kappa shape index (κ2) is 8.48. The summed E-state index contributed by atoms with van der Waals surface area (Å²) in [6, 6.07) is -0.298. The first-order valence-corrected chi connectivity index (χ1v) is 9.80. The van der Waals surface area contributed by atoms with Gasteiger partial charge in [0.15, 0.2) is 5.82 Å². The van der Waals surface area contributed by atoms with Gasteiger partial charge >= 0.3 is 0 Å². The van der Waals surface area contributed by atoms with Crippen LogP contribution in [0.25, 0.3) is 0 Å². The Balaban J connectivity index is 1.59. The summed E-state index contributed by atoms with van der Waals surface area (Å²) in [7, 11) is 0. The normalized spacial score (nSPS) is 15.4. The molecule has 0 bridgehead atoms. The van der Waals surface area contributed by atoms with Crippen molar-refractivity contribution in [1.82, 2.24) is 29.9 Å². The van der Waals surface area contributed by atoms with Crippen molar-refractivity contribution >= 4 is 23.2 Å². The van der Waals surface area contributed by atoms with E-state index in [2.05, 4.69) is 40.1 Å². The fourth-order valence-corrected chi connectivity index (χ4v) is 3.31. The van der Waals surface area contributed by atoms with Gasteiger partial charge in [0.2, 0.25) is 11.9 Å². The lowest BCUT2D eigenvalue weighted by Gasteiger charge is -2.27. The molecule has 3 aromatic rings. The Bertz CT molecular complexity index is 902. The van der Waals surface area contributed by atoms with E-state index < -0.39 is 5.82 Å². The van der Waals surface area contributed by atoms with Crippen molar-refractivity contribution in [2.24, 2.45) is 0 Å². The quantitative estimate of drug-likeness (QED) is 0.662. The molecule has 1 saturated heterocycles. The summed E-state index contributed by atoms with van der Waals surface area (Å²) in [5, 5.41) is 5.16. The lowest BCUT2D eigenvalue weighted by molar-refractivity contribution is 0.122. The number of aromatic nitrogens is 6. The van der Waals surface area contributed by atoms with Crippen molar-refractivity contribution in [1.29, 1.82) is 0 Å². The molecule has 3 aromatic heterocycles. The highest BCUT2D eigenvalue weighted by Crippen LogP contribution is 2.18. The average molecular weight is 402 g/mol. The third-order valence-corrected chi connectivity index (χ3v) is 4.80. The van der Waals surface area contributed by atoms with Crippen LogP contribution in [0.15, 0.2) is 23.3 Å². The summed E-state index contributed by atoms with van der Waals surface area (Å²) in [4.78, 5) is 28.1. The maximum absolute atomic E-state index is 13.1. The Morgan fingerprint density at radius 1 is 1.18 bits per heavy atom. The minimum atomic E-state index is -0.476. The van der Waals surface area contributed by atoms with Crippen molar-refractivity contribution < 1.29 is 9.13 Å². The Labute approximate surface area is 165 Å². The van der Waals surface area contributed by atoms with Gasteiger partial charge in [-0.25, -0.2) is 19.3 Å². The molecular weight excluding hydrogens is 383 g/mol. The van der Waals surface area contributed by atoms with Gasteiger partial charge in [0, 0.05) is 18.5 Å². The Hall–Kier alpha value is -2.79. The van der Waals surface area contributed by atoms with Crippen LogP contribution in [0.1, 0.15) is 30.3 Å². The fraction of sp³-hybridized carbons (Fsp3) is 0.412. The highest BCUT2D eigenvalue weighted by molar-refractivity contribution is 7.07. The van der Waals surface area contributed by atoms with Crippen LogP contribution in [0.3, 0.4) is 0 Å². The summed E-state index contributed by atoms with van der Waals surface area (Å²) in [6.07, 6.45) is 2.79. The molecule has 28 heavy (non-hydrogen) atoms. The van der Waals surface area contributed by atoms with Crippen LogP contribution in [0.4, 0.5) is 16.3 Å².